The van der Waals surface area contributed by atoms with Crippen molar-refractivity contribution in [3.8, 4) is 0 Å². The Morgan fingerprint density at radius 1 is 1.06 bits per heavy atom. The van der Waals surface area contributed by atoms with Crippen LogP contribution in [0.25, 0.3) is 0 Å². The highest BCUT2D eigenvalue weighted by molar-refractivity contribution is 9.09. The smallest absolute Gasteiger partial charge is 0.313 e. The van der Waals surface area contributed by atoms with Gasteiger partial charge in [0.2, 0.25) is 17.7 Å². The molecule has 1 N–H and O–H groups in total. The molecular formula is C39H48BrN3O7. The second-order valence-electron chi connectivity index (χ2n) is 13.7. The summed E-state index contributed by atoms with van der Waals surface area (Å²) >= 11 is 3.74. The molecule has 2 aromatic rings. The number of nitrogens with zero attached hydrogens (tertiary/aromatic N) is 3. The summed E-state index contributed by atoms with van der Waals surface area (Å²) in [6.07, 6.45) is 2.80. The third-order valence-corrected chi connectivity index (χ3v) is 11.4. The molecule has 3 amide bonds. The number of alkyl halides is 1. The minimum absolute atomic E-state index is 0.120. The number of rotatable bonds is 15. The fourth-order valence-corrected chi connectivity index (χ4v) is 8.90. The molecule has 10 nitrogen and oxygen atoms in total. The maximum atomic E-state index is 14.9. The minimum Gasteiger partial charge on any atom is -0.455 e. The molecule has 1 unspecified atom stereocenters. The lowest BCUT2D eigenvalue weighted by Gasteiger charge is -2.40. The van der Waals surface area contributed by atoms with Gasteiger partial charge in [-0.3, -0.25) is 19.2 Å². The van der Waals surface area contributed by atoms with E-state index in [1.165, 1.54) is 4.90 Å². The first kappa shape index (κ1) is 37.5. The summed E-state index contributed by atoms with van der Waals surface area (Å²) in [5, 5.41) is 10.8. The van der Waals surface area contributed by atoms with Crippen LogP contribution in [0.3, 0.4) is 0 Å². The molecule has 0 aliphatic carbocycles. The third kappa shape index (κ3) is 6.67. The number of hydrogen-bond donors (Lipinski definition) is 1. The van der Waals surface area contributed by atoms with Crippen molar-refractivity contribution in [3.63, 3.8) is 0 Å². The number of likely N-dealkylation sites (tertiary alicyclic amines) is 1. The lowest BCUT2D eigenvalue weighted by atomic mass is 9.70. The van der Waals surface area contributed by atoms with Crippen LogP contribution in [-0.2, 0) is 28.7 Å². The van der Waals surface area contributed by atoms with Crippen molar-refractivity contribution in [1.82, 2.24) is 14.7 Å². The summed E-state index contributed by atoms with van der Waals surface area (Å²) in [6, 6.07) is 15.5. The summed E-state index contributed by atoms with van der Waals surface area (Å²) in [7, 11) is 1.68. The van der Waals surface area contributed by atoms with Crippen molar-refractivity contribution in [1.29, 1.82) is 0 Å². The van der Waals surface area contributed by atoms with Crippen molar-refractivity contribution in [2.75, 3.05) is 20.2 Å². The first-order chi connectivity index (χ1) is 23.9. The Kier molecular flexibility index (Phi) is 11.7. The lowest BCUT2D eigenvalue weighted by Crippen LogP contribution is -2.58. The van der Waals surface area contributed by atoms with Gasteiger partial charge in [0, 0.05) is 30.9 Å². The molecule has 0 radical (unpaired) electrons. The normalized spacial score (nSPS) is 27.0. The molecule has 0 aromatic heterocycles. The van der Waals surface area contributed by atoms with Crippen molar-refractivity contribution >= 4 is 39.6 Å². The Balaban J connectivity index is 1.56. The van der Waals surface area contributed by atoms with E-state index >= 15 is 0 Å². The number of allylic oxidation sites excluding steroid dienone is 1. The zero-order valence-corrected chi connectivity index (χ0v) is 30.8. The summed E-state index contributed by atoms with van der Waals surface area (Å²) in [6.45, 7) is 13.0. The second kappa shape index (κ2) is 15.6. The van der Waals surface area contributed by atoms with Gasteiger partial charge in [0.15, 0.2) is 0 Å². The number of carbonyl (C=O) groups excluding carboxylic acids is 4. The van der Waals surface area contributed by atoms with Gasteiger partial charge >= 0.3 is 5.97 Å². The van der Waals surface area contributed by atoms with E-state index in [4.69, 9.17) is 9.47 Å². The van der Waals surface area contributed by atoms with Crippen LogP contribution in [0.1, 0.15) is 63.3 Å². The Morgan fingerprint density at radius 2 is 1.68 bits per heavy atom. The standard InChI is InChI=1S/C39H48BrN3O7/c1-7-9-20-30(45)41(6)25(5)33(27-18-14-11-15-19-27)49-38(48)31-32-36(46)43(29(23-44)26-16-12-10-13-17-26)35(37(47)42(21-8-2)24(3)4)39(32)22-28(40)34(31)50-39/h7-8,10-19,24-25,28-29,31-35,44H,1-2,9,20-23H2,3-6H3/t25-,28?,29-,31+,32-,33+,34+,35+,39-/m1/s1. The maximum Gasteiger partial charge on any atom is 0.313 e. The number of benzene rings is 2. The van der Waals surface area contributed by atoms with Crippen LogP contribution < -0.4 is 0 Å². The average molecular weight is 751 g/mol. The van der Waals surface area contributed by atoms with E-state index in [-0.39, 0.29) is 35.6 Å². The van der Waals surface area contributed by atoms with Gasteiger partial charge in [-0.2, -0.15) is 0 Å². The molecule has 1 spiro atoms. The highest BCUT2D eigenvalue weighted by atomic mass is 79.9. The summed E-state index contributed by atoms with van der Waals surface area (Å²) in [5.74, 6) is -3.65. The van der Waals surface area contributed by atoms with Crippen LogP contribution in [0.4, 0.5) is 0 Å². The largest absolute Gasteiger partial charge is 0.455 e. The number of amides is 3. The number of likely N-dealkylation sites (N-methyl/N-ethyl adjacent to an activating group) is 1. The van der Waals surface area contributed by atoms with Gasteiger partial charge in [0.05, 0.1) is 36.6 Å². The number of ether oxygens (including phenoxy) is 2. The average Bonchev–Trinajstić information content (AvgIpc) is 3.71. The van der Waals surface area contributed by atoms with Gasteiger partial charge in [0.1, 0.15) is 17.7 Å². The van der Waals surface area contributed by atoms with Crippen LogP contribution in [0, 0.1) is 11.8 Å². The predicted octanol–water partition coefficient (Wildman–Crippen LogP) is 4.99. The number of fused-ring (bicyclic) bond motifs is 1. The summed E-state index contributed by atoms with van der Waals surface area (Å²) in [4.78, 5) is 61.5. The van der Waals surface area contributed by atoms with Crippen molar-refractivity contribution in [3.05, 3.63) is 97.1 Å². The van der Waals surface area contributed by atoms with E-state index in [0.717, 1.165) is 0 Å². The number of carbonyl (C=O) groups is 4. The summed E-state index contributed by atoms with van der Waals surface area (Å²) < 4.78 is 13.1. The fourth-order valence-electron chi connectivity index (χ4n) is 7.96. The molecule has 3 aliphatic heterocycles. The third-order valence-electron chi connectivity index (χ3n) is 10.5. The second-order valence-corrected chi connectivity index (χ2v) is 14.9. The topological polar surface area (TPSA) is 117 Å². The molecule has 268 valence electrons. The lowest BCUT2D eigenvalue weighted by molar-refractivity contribution is -0.165. The number of aliphatic hydroxyl groups is 1. The molecule has 3 saturated heterocycles. The molecule has 3 fully saturated rings. The molecule has 2 aromatic carbocycles. The zero-order chi connectivity index (χ0) is 36.3. The van der Waals surface area contributed by atoms with Crippen LogP contribution in [0.5, 0.6) is 0 Å². The quantitative estimate of drug-likeness (QED) is 0.155. The highest BCUT2D eigenvalue weighted by Crippen LogP contribution is 2.61. The van der Waals surface area contributed by atoms with Gasteiger partial charge < -0.3 is 29.3 Å². The van der Waals surface area contributed by atoms with E-state index in [9.17, 15) is 24.3 Å². The molecule has 2 bridgehead atoms. The molecule has 50 heavy (non-hydrogen) atoms. The molecule has 3 heterocycles. The van der Waals surface area contributed by atoms with E-state index in [1.54, 1.807) is 29.0 Å². The van der Waals surface area contributed by atoms with Crippen molar-refractivity contribution in [2.45, 2.75) is 86.8 Å². The number of halogens is 1. The van der Waals surface area contributed by atoms with Crippen LogP contribution >= 0.6 is 15.9 Å². The molecule has 0 saturated carbocycles. The first-order valence-corrected chi connectivity index (χ1v) is 18.2. The molecule has 3 aliphatic rings. The van der Waals surface area contributed by atoms with Crippen molar-refractivity contribution in [2.24, 2.45) is 11.8 Å². The van der Waals surface area contributed by atoms with Crippen LogP contribution in [-0.4, -0.2) is 98.4 Å². The van der Waals surface area contributed by atoms with Gasteiger partial charge in [-0.1, -0.05) is 88.7 Å². The number of hydrogen-bond acceptors (Lipinski definition) is 7. The minimum atomic E-state index is -1.36. The Morgan fingerprint density at radius 3 is 2.24 bits per heavy atom. The monoisotopic (exact) mass is 749 g/mol. The zero-order valence-electron chi connectivity index (χ0n) is 29.2. The SMILES string of the molecule is C=CCCC(=O)N(C)[C@H](C)[C@H](OC(=O)[C@@H]1[C@H]2O[C@@]3(CC2Br)[C@H](C(=O)N(CC=C)C(C)C)N([C@H](CO)c2ccccc2)C(=O)[C@@H]13)c1ccccc1. The van der Waals surface area contributed by atoms with Gasteiger partial charge in [-0.25, -0.2) is 0 Å². The molecule has 9 atom stereocenters. The van der Waals surface area contributed by atoms with Crippen LogP contribution in [0.15, 0.2) is 86.0 Å². The van der Waals surface area contributed by atoms with Gasteiger partial charge in [-0.05, 0) is 44.7 Å². The Bertz CT molecular complexity index is 1570. The number of aliphatic hydroxyl groups excluding tert-OH is 1. The molecule has 5 rings (SSSR count). The fraction of sp³-hybridized carbons (Fsp3) is 0.487. The predicted molar refractivity (Wildman–Crippen MR) is 193 cm³/mol. The molecular weight excluding hydrogens is 702 g/mol. The van der Waals surface area contributed by atoms with Crippen molar-refractivity contribution < 1.29 is 33.8 Å². The maximum absolute atomic E-state index is 14.9. The number of esters is 1. The Labute approximate surface area is 303 Å². The van der Waals surface area contributed by atoms with E-state index in [1.807, 2.05) is 81.4 Å². The first-order valence-electron chi connectivity index (χ1n) is 17.3. The molecule has 11 heteroatoms. The Hall–Kier alpha value is -3.80. The summed E-state index contributed by atoms with van der Waals surface area (Å²) in [5.41, 5.74) is -0.0123. The van der Waals surface area contributed by atoms with Gasteiger partial charge in [0.25, 0.3) is 0 Å². The van der Waals surface area contributed by atoms with E-state index in [2.05, 4.69) is 29.1 Å². The van der Waals surface area contributed by atoms with Crippen LogP contribution in [0.2, 0.25) is 0 Å². The van der Waals surface area contributed by atoms with E-state index < -0.39 is 66.3 Å². The highest BCUT2D eigenvalue weighted by Gasteiger charge is 2.77. The van der Waals surface area contributed by atoms with Gasteiger partial charge in [-0.15, -0.1) is 13.2 Å². The van der Waals surface area contributed by atoms with E-state index in [0.29, 0.717) is 24.0 Å².